The van der Waals surface area contributed by atoms with E-state index in [0.29, 0.717) is 5.78 Å². The summed E-state index contributed by atoms with van der Waals surface area (Å²) in [6.07, 6.45) is 4.53. The van der Waals surface area contributed by atoms with Crippen LogP contribution in [0.15, 0.2) is 24.3 Å². The number of Topliss-reactive ketones (excluding diaryl/α,β-unsaturated/α-hetero) is 1. The molecule has 1 aliphatic heterocycles. The number of carbonyl (C=O) groups is 1. The first kappa shape index (κ1) is 8.96. The molecule has 0 amide bonds. The highest BCUT2D eigenvalue weighted by atomic mass is 16.5. The zero-order valence-corrected chi connectivity index (χ0v) is 8.61. The van der Waals surface area contributed by atoms with Gasteiger partial charge < -0.3 is 4.74 Å². The van der Waals surface area contributed by atoms with Gasteiger partial charge in [0.2, 0.25) is 0 Å². The molecule has 0 N–H and O–H groups in total. The maximum Gasteiger partial charge on any atom is 0.173 e. The van der Waals surface area contributed by atoms with Crippen LogP contribution in [0.5, 0.6) is 5.75 Å². The quantitative estimate of drug-likeness (QED) is 0.646. The highest BCUT2D eigenvalue weighted by Crippen LogP contribution is 2.37. The molecule has 1 heterocycles. The van der Waals surface area contributed by atoms with Gasteiger partial charge in [0.1, 0.15) is 11.9 Å². The molecule has 1 saturated carbocycles. The number of hydrogen-bond acceptors (Lipinski definition) is 2. The van der Waals surface area contributed by atoms with Crippen molar-refractivity contribution in [3.05, 3.63) is 29.8 Å². The van der Waals surface area contributed by atoms with E-state index >= 15 is 0 Å². The van der Waals surface area contributed by atoms with Gasteiger partial charge in [-0.15, -0.1) is 0 Å². The fourth-order valence-corrected chi connectivity index (χ4v) is 2.67. The predicted octanol–water partition coefficient (Wildman–Crippen LogP) is 2.82. The average molecular weight is 202 g/mol. The number of rotatable bonds is 0. The fraction of sp³-hybridized carbons (Fsp3) is 0.462. The molecular formula is C13H14O2. The molecule has 2 heteroatoms. The summed E-state index contributed by atoms with van der Waals surface area (Å²) in [5.41, 5.74) is 0.778. The molecule has 2 atom stereocenters. The van der Waals surface area contributed by atoms with E-state index in [-0.39, 0.29) is 12.0 Å². The van der Waals surface area contributed by atoms with Crippen LogP contribution in [-0.4, -0.2) is 11.9 Å². The van der Waals surface area contributed by atoms with Crippen molar-refractivity contribution in [3.63, 3.8) is 0 Å². The van der Waals surface area contributed by atoms with Crippen molar-refractivity contribution >= 4 is 5.78 Å². The van der Waals surface area contributed by atoms with Crippen LogP contribution in [0.4, 0.5) is 0 Å². The van der Waals surface area contributed by atoms with Gasteiger partial charge in [-0.05, 0) is 31.4 Å². The highest BCUT2D eigenvalue weighted by molar-refractivity contribution is 6.01. The maximum absolute atomic E-state index is 12.2. The van der Waals surface area contributed by atoms with Gasteiger partial charge in [0, 0.05) is 0 Å². The topological polar surface area (TPSA) is 26.3 Å². The molecule has 1 fully saturated rings. The Morgan fingerprint density at radius 3 is 2.87 bits per heavy atom. The zero-order chi connectivity index (χ0) is 10.3. The molecule has 0 radical (unpaired) electrons. The zero-order valence-electron chi connectivity index (χ0n) is 8.61. The molecular weight excluding hydrogens is 188 g/mol. The molecule has 0 bridgehead atoms. The van der Waals surface area contributed by atoms with Crippen LogP contribution in [0.1, 0.15) is 36.0 Å². The van der Waals surface area contributed by atoms with Crippen molar-refractivity contribution < 1.29 is 9.53 Å². The molecule has 1 aromatic rings. The second kappa shape index (κ2) is 3.37. The minimum Gasteiger partial charge on any atom is -0.489 e. The fourth-order valence-electron chi connectivity index (χ4n) is 2.67. The summed E-state index contributed by atoms with van der Waals surface area (Å²) < 4.78 is 5.89. The maximum atomic E-state index is 12.2. The minimum absolute atomic E-state index is 0.119. The SMILES string of the molecule is O=C1c2ccccc2O[C@H]2CCCC[C@@H]12. The summed E-state index contributed by atoms with van der Waals surface area (Å²) >= 11 is 0. The number of fused-ring (bicyclic) bond motifs is 2. The van der Waals surface area contributed by atoms with E-state index in [1.807, 2.05) is 24.3 Å². The molecule has 2 aliphatic rings. The molecule has 15 heavy (non-hydrogen) atoms. The summed E-state index contributed by atoms with van der Waals surface area (Å²) in [6, 6.07) is 7.61. The molecule has 3 rings (SSSR count). The lowest BCUT2D eigenvalue weighted by atomic mass is 9.79. The largest absolute Gasteiger partial charge is 0.489 e. The van der Waals surface area contributed by atoms with E-state index in [1.54, 1.807) is 0 Å². The predicted molar refractivity (Wildman–Crippen MR) is 57.1 cm³/mol. The number of hydrogen-bond donors (Lipinski definition) is 0. The van der Waals surface area contributed by atoms with Crippen molar-refractivity contribution in [1.29, 1.82) is 0 Å². The van der Waals surface area contributed by atoms with Gasteiger partial charge in [-0.25, -0.2) is 0 Å². The van der Waals surface area contributed by atoms with E-state index in [0.717, 1.165) is 24.2 Å². The van der Waals surface area contributed by atoms with Crippen LogP contribution >= 0.6 is 0 Å². The summed E-state index contributed by atoms with van der Waals surface area (Å²) in [4.78, 5) is 12.2. The lowest BCUT2D eigenvalue weighted by Crippen LogP contribution is -2.39. The van der Waals surface area contributed by atoms with Crippen LogP contribution in [0.2, 0.25) is 0 Å². The minimum atomic E-state index is 0.119. The normalized spacial score (nSPS) is 28.9. The van der Waals surface area contributed by atoms with Gasteiger partial charge in [-0.3, -0.25) is 4.79 Å². The Morgan fingerprint density at radius 1 is 1.13 bits per heavy atom. The van der Waals surface area contributed by atoms with Crippen LogP contribution < -0.4 is 4.74 Å². The van der Waals surface area contributed by atoms with Gasteiger partial charge in [0.15, 0.2) is 5.78 Å². The van der Waals surface area contributed by atoms with Crippen molar-refractivity contribution in [2.45, 2.75) is 31.8 Å². The summed E-state index contributed by atoms with van der Waals surface area (Å²) in [7, 11) is 0. The van der Waals surface area contributed by atoms with Gasteiger partial charge in [0.25, 0.3) is 0 Å². The Labute approximate surface area is 89.2 Å². The van der Waals surface area contributed by atoms with E-state index in [4.69, 9.17) is 4.74 Å². The van der Waals surface area contributed by atoms with Crippen molar-refractivity contribution in [3.8, 4) is 5.75 Å². The molecule has 0 unspecified atom stereocenters. The summed E-state index contributed by atoms with van der Waals surface area (Å²) in [5.74, 6) is 1.20. The Hall–Kier alpha value is -1.31. The first-order valence-corrected chi connectivity index (χ1v) is 5.66. The Bertz CT molecular complexity index is 397. The first-order chi connectivity index (χ1) is 7.36. The highest BCUT2D eigenvalue weighted by Gasteiger charge is 2.38. The molecule has 0 saturated heterocycles. The number of benzene rings is 1. The third-order valence-corrected chi connectivity index (χ3v) is 3.47. The molecule has 0 spiro atoms. The van der Waals surface area contributed by atoms with Crippen molar-refractivity contribution in [1.82, 2.24) is 0 Å². The Balaban J connectivity index is 2.02. The van der Waals surface area contributed by atoms with E-state index in [2.05, 4.69) is 0 Å². The lowest BCUT2D eigenvalue weighted by Gasteiger charge is -2.35. The van der Waals surface area contributed by atoms with Crippen LogP contribution in [0.25, 0.3) is 0 Å². The molecule has 78 valence electrons. The number of ketones is 1. The molecule has 0 aromatic heterocycles. The monoisotopic (exact) mass is 202 g/mol. The van der Waals surface area contributed by atoms with Crippen molar-refractivity contribution in [2.75, 3.05) is 0 Å². The molecule has 2 nitrogen and oxygen atoms in total. The second-order valence-electron chi connectivity index (χ2n) is 4.41. The van der Waals surface area contributed by atoms with Crippen LogP contribution in [-0.2, 0) is 0 Å². The first-order valence-electron chi connectivity index (χ1n) is 5.66. The number of ether oxygens (including phenoxy) is 1. The van der Waals surface area contributed by atoms with E-state index < -0.39 is 0 Å². The smallest absolute Gasteiger partial charge is 0.173 e. The van der Waals surface area contributed by atoms with Crippen LogP contribution in [0, 0.1) is 5.92 Å². The summed E-state index contributed by atoms with van der Waals surface area (Å²) in [6.45, 7) is 0. The standard InChI is InChI=1S/C13H14O2/c14-13-9-5-1-3-7-11(9)15-12-8-4-2-6-10(12)13/h1,3,5,7,10,12H,2,4,6,8H2/t10-,12+/m1/s1. The van der Waals surface area contributed by atoms with Gasteiger partial charge in [-0.1, -0.05) is 18.6 Å². The molecule has 1 aliphatic carbocycles. The third kappa shape index (κ3) is 1.36. The number of carbonyl (C=O) groups excluding carboxylic acids is 1. The third-order valence-electron chi connectivity index (χ3n) is 3.47. The number of para-hydroxylation sites is 1. The summed E-state index contributed by atoms with van der Waals surface area (Å²) in [5, 5.41) is 0. The Morgan fingerprint density at radius 2 is 1.93 bits per heavy atom. The Kier molecular flexibility index (Phi) is 2.01. The molecule has 1 aromatic carbocycles. The van der Waals surface area contributed by atoms with Crippen molar-refractivity contribution in [2.24, 2.45) is 5.92 Å². The van der Waals surface area contributed by atoms with E-state index in [1.165, 1.54) is 12.8 Å². The lowest BCUT2D eigenvalue weighted by molar-refractivity contribution is 0.0525. The average Bonchev–Trinajstić information content (AvgIpc) is 2.30. The van der Waals surface area contributed by atoms with Gasteiger partial charge in [0.05, 0.1) is 11.5 Å². The van der Waals surface area contributed by atoms with Crippen LogP contribution in [0.3, 0.4) is 0 Å². The van der Waals surface area contributed by atoms with Gasteiger partial charge >= 0.3 is 0 Å². The second-order valence-corrected chi connectivity index (χ2v) is 4.41. The van der Waals surface area contributed by atoms with Gasteiger partial charge in [-0.2, -0.15) is 0 Å². The van der Waals surface area contributed by atoms with E-state index in [9.17, 15) is 4.79 Å².